The van der Waals surface area contributed by atoms with Crippen LogP contribution in [0.2, 0.25) is 11.3 Å². The molecule has 2 unspecified atom stereocenters. The molecule has 2 radical (unpaired) electrons. The quantitative estimate of drug-likeness (QED) is 0.567. The molecule has 3 rings (SSSR count). The fourth-order valence-corrected chi connectivity index (χ4v) is 4.71. The van der Waals surface area contributed by atoms with Crippen LogP contribution in [0.1, 0.15) is 49.3 Å². The summed E-state index contributed by atoms with van der Waals surface area (Å²) in [6.07, 6.45) is 6.71. The molecule has 0 spiro atoms. The first-order valence-electron chi connectivity index (χ1n) is 9.78. The van der Waals surface area contributed by atoms with Crippen molar-refractivity contribution >= 4 is 25.4 Å². The van der Waals surface area contributed by atoms with Crippen molar-refractivity contribution in [2.75, 3.05) is 19.6 Å². The van der Waals surface area contributed by atoms with Crippen molar-refractivity contribution < 1.29 is 9.90 Å². The second-order valence-corrected chi connectivity index (χ2v) is 7.97. The zero-order valence-corrected chi connectivity index (χ0v) is 16.0. The van der Waals surface area contributed by atoms with E-state index in [2.05, 4.69) is 22.3 Å². The number of fused-ring (bicyclic) bond motifs is 1. The van der Waals surface area contributed by atoms with Crippen molar-refractivity contribution in [1.82, 2.24) is 10.2 Å². The number of nitrogens with zero attached hydrogens (tertiary/aromatic N) is 1. The number of halogens is 1. The highest BCUT2D eigenvalue weighted by molar-refractivity contribution is 6.30. The monoisotopic (exact) mass is 374 g/mol. The molecule has 0 amide bonds. The van der Waals surface area contributed by atoms with Crippen LogP contribution in [-0.4, -0.2) is 49.5 Å². The summed E-state index contributed by atoms with van der Waals surface area (Å²) in [6.45, 7) is 2.59. The number of likely N-dealkylation sites (tertiary alicyclic amines) is 1. The van der Waals surface area contributed by atoms with E-state index < -0.39 is 12.0 Å². The molecule has 0 aromatic heterocycles. The predicted octanol–water partition coefficient (Wildman–Crippen LogP) is 3.45. The zero-order chi connectivity index (χ0) is 18.5. The highest BCUT2D eigenvalue weighted by Gasteiger charge is 2.34. The molecule has 2 N–H and O–H groups in total. The lowest BCUT2D eigenvalue weighted by Gasteiger charge is -2.41. The van der Waals surface area contributed by atoms with Crippen LogP contribution in [0.4, 0.5) is 0 Å². The molecule has 0 bridgehead atoms. The first kappa shape index (κ1) is 19.7. The summed E-state index contributed by atoms with van der Waals surface area (Å²) in [5, 5.41) is 13.6. The topological polar surface area (TPSA) is 52.6 Å². The summed E-state index contributed by atoms with van der Waals surface area (Å²) in [7, 11) is 5.52. The van der Waals surface area contributed by atoms with Crippen molar-refractivity contribution in [1.29, 1.82) is 0 Å². The normalized spacial score (nSPS) is 22.7. The zero-order valence-electron chi connectivity index (χ0n) is 15.3. The lowest BCUT2D eigenvalue weighted by atomic mass is 9.83. The SMILES string of the molecule is [B]CCCNC(C(=O)O)C1CCN(C2CCCc3cc(Cl)ccc32)CC1. The summed E-state index contributed by atoms with van der Waals surface area (Å²) in [5.41, 5.74) is 2.79. The van der Waals surface area contributed by atoms with Crippen LogP contribution in [0.15, 0.2) is 18.2 Å². The van der Waals surface area contributed by atoms with Gasteiger partial charge in [-0.3, -0.25) is 9.69 Å². The van der Waals surface area contributed by atoms with Gasteiger partial charge in [-0.1, -0.05) is 24.0 Å². The van der Waals surface area contributed by atoms with E-state index in [1.54, 1.807) is 0 Å². The summed E-state index contributed by atoms with van der Waals surface area (Å²) in [6, 6.07) is 6.28. The largest absolute Gasteiger partial charge is 0.480 e. The van der Waals surface area contributed by atoms with E-state index in [0.29, 0.717) is 18.9 Å². The van der Waals surface area contributed by atoms with E-state index in [1.807, 2.05) is 6.07 Å². The molecule has 1 aromatic carbocycles. The number of carbonyl (C=O) groups is 1. The maximum Gasteiger partial charge on any atom is 0.320 e. The lowest BCUT2D eigenvalue weighted by Crippen LogP contribution is -2.48. The molecule has 1 aliphatic heterocycles. The van der Waals surface area contributed by atoms with Gasteiger partial charge in [0.2, 0.25) is 0 Å². The molecule has 1 fully saturated rings. The fraction of sp³-hybridized carbons (Fsp3) is 0.650. The number of carboxylic acids is 1. The Bertz CT molecular complexity index is 620. The van der Waals surface area contributed by atoms with Crippen LogP contribution in [-0.2, 0) is 11.2 Å². The molecular formula is C20H28BClN2O2. The highest BCUT2D eigenvalue weighted by Crippen LogP contribution is 2.37. The summed E-state index contributed by atoms with van der Waals surface area (Å²) in [4.78, 5) is 14.2. The van der Waals surface area contributed by atoms with E-state index >= 15 is 0 Å². The number of hydrogen-bond donors (Lipinski definition) is 2. The van der Waals surface area contributed by atoms with E-state index in [4.69, 9.17) is 19.4 Å². The Morgan fingerprint density at radius 2 is 2.12 bits per heavy atom. The minimum Gasteiger partial charge on any atom is -0.480 e. The van der Waals surface area contributed by atoms with Gasteiger partial charge in [-0.2, -0.15) is 0 Å². The molecule has 2 atom stereocenters. The Morgan fingerprint density at radius 3 is 2.81 bits per heavy atom. The summed E-state index contributed by atoms with van der Waals surface area (Å²) < 4.78 is 0. The Kier molecular flexibility index (Phi) is 7.02. The Labute approximate surface area is 162 Å². The third-order valence-corrected chi connectivity index (χ3v) is 6.12. The molecule has 1 aliphatic carbocycles. The van der Waals surface area contributed by atoms with Gasteiger partial charge in [0.05, 0.1) is 7.85 Å². The number of nitrogens with one attached hydrogen (secondary N) is 1. The minimum absolute atomic E-state index is 0.190. The molecule has 140 valence electrons. The van der Waals surface area contributed by atoms with Crippen LogP contribution in [0.25, 0.3) is 0 Å². The van der Waals surface area contributed by atoms with Gasteiger partial charge in [-0.15, -0.1) is 0 Å². The molecule has 2 aliphatic rings. The molecule has 4 nitrogen and oxygen atoms in total. The average Bonchev–Trinajstić information content (AvgIpc) is 2.64. The standard InChI is InChI=1S/C20H28BClN2O2/c21-9-2-10-23-19(20(25)26)14-7-11-24(12-8-14)18-4-1-3-15-13-16(22)5-6-17(15)18/h5-6,13-14,18-19,23H,1-4,7-12H2,(H,25,26). The summed E-state index contributed by atoms with van der Waals surface area (Å²) >= 11 is 6.16. The van der Waals surface area contributed by atoms with E-state index in [1.165, 1.54) is 24.0 Å². The molecule has 26 heavy (non-hydrogen) atoms. The number of rotatable bonds is 7. The number of carboxylic acid groups (broad SMARTS) is 1. The van der Waals surface area contributed by atoms with Gasteiger partial charge >= 0.3 is 5.97 Å². The number of aliphatic carboxylic acids is 1. The smallest absolute Gasteiger partial charge is 0.320 e. The van der Waals surface area contributed by atoms with Crippen LogP contribution in [0.3, 0.4) is 0 Å². The Hall–Kier alpha value is -1.04. The molecular weight excluding hydrogens is 346 g/mol. The number of piperidine rings is 1. The van der Waals surface area contributed by atoms with Gasteiger partial charge in [0, 0.05) is 11.1 Å². The number of benzene rings is 1. The second kappa shape index (κ2) is 9.25. The van der Waals surface area contributed by atoms with Crippen molar-refractivity contribution in [3.63, 3.8) is 0 Å². The molecule has 6 heteroatoms. The second-order valence-electron chi connectivity index (χ2n) is 7.54. The van der Waals surface area contributed by atoms with Crippen LogP contribution in [0.5, 0.6) is 0 Å². The Morgan fingerprint density at radius 1 is 1.35 bits per heavy atom. The number of aryl methyl sites for hydroxylation is 1. The maximum absolute atomic E-state index is 11.7. The van der Waals surface area contributed by atoms with Crippen molar-refractivity contribution in [3.05, 3.63) is 34.3 Å². The Balaban J connectivity index is 1.61. The van der Waals surface area contributed by atoms with Crippen molar-refractivity contribution in [3.8, 4) is 0 Å². The van der Waals surface area contributed by atoms with Gasteiger partial charge in [0.15, 0.2) is 0 Å². The van der Waals surface area contributed by atoms with Crippen molar-refractivity contribution in [2.45, 2.75) is 56.9 Å². The van der Waals surface area contributed by atoms with E-state index in [0.717, 1.165) is 43.8 Å². The van der Waals surface area contributed by atoms with Gasteiger partial charge in [-0.05, 0) is 87.3 Å². The summed E-state index contributed by atoms with van der Waals surface area (Å²) in [5.74, 6) is -0.548. The fourth-order valence-electron chi connectivity index (χ4n) is 4.52. The first-order chi connectivity index (χ1) is 12.6. The molecule has 1 aromatic rings. The van der Waals surface area contributed by atoms with Gasteiger partial charge in [-0.25, -0.2) is 0 Å². The van der Waals surface area contributed by atoms with E-state index in [9.17, 15) is 9.90 Å². The van der Waals surface area contributed by atoms with Crippen LogP contribution < -0.4 is 5.32 Å². The third kappa shape index (κ3) is 4.62. The maximum atomic E-state index is 11.7. The van der Waals surface area contributed by atoms with Crippen molar-refractivity contribution in [2.24, 2.45) is 5.92 Å². The van der Waals surface area contributed by atoms with Crippen LogP contribution >= 0.6 is 11.6 Å². The lowest BCUT2D eigenvalue weighted by molar-refractivity contribution is -0.141. The van der Waals surface area contributed by atoms with Gasteiger partial charge in [0.1, 0.15) is 6.04 Å². The predicted molar refractivity (Wildman–Crippen MR) is 106 cm³/mol. The van der Waals surface area contributed by atoms with Crippen LogP contribution in [0, 0.1) is 5.92 Å². The molecule has 0 saturated carbocycles. The minimum atomic E-state index is -0.738. The first-order valence-corrected chi connectivity index (χ1v) is 10.2. The molecule has 1 saturated heterocycles. The van der Waals surface area contributed by atoms with Gasteiger partial charge < -0.3 is 10.4 Å². The highest BCUT2D eigenvalue weighted by atomic mass is 35.5. The number of hydrogen-bond acceptors (Lipinski definition) is 3. The third-order valence-electron chi connectivity index (χ3n) is 5.89. The van der Waals surface area contributed by atoms with E-state index in [-0.39, 0.29) is 5.92 Å². The molecule has 1 heterocycles. The average molecular weight is 375 g/mol. The van der Waals surface area contributed by atoms with Gasteiger partial charge in [0.25, 0.3) is 0 Å².